The van der Waals surface area contributed by atoms with Crippen LogP contribution in [0.5, 0.6) is 5.75 Å². The van der Waals surface area contributed by atoms with E-state index in [1.807, 2.05) is 18.2 Å². The van der Waals surface area contributed by atoms with Gasteiger partial charge in [0.15, 0.2) is 0 Å². The van der Waals surface area contributed by atoms with Crippen molar-refractivity contribution in [2.24, 2.45) is 0 Å². The van der Waals surface area contributed by atoms with E-state index < -0.39 is 15.8 Å². The molecule has 4 rings (SSSR count). The minimum absolute atomic E-state index is 0.108. The topological polar surface area (TPSA) is 84.4 Å². The summed E-state index contributed by atoms with van der Waals surface area (Å²) >= 11 is 0. The van der Waals surface area contributed by atoms with Crippen LogP contribution in [-0.4, -0.2) is 43.9 Å². The van der Waals surface area contributed by atoms with E-state index in [-0.39, 0.29) is 17.0 Å². The molecule has 0 radical (unpaired) electrons. The number of methoxy groups -OCH3 is 1. The molecular weight excluding hydrogens is 443 g/mol. The van der Waals surface area contributed by atoms with Crippen LogP contribution in [0.15, 0.2) is 71.9 Å². The molecule has 0 saturated heterocycles. The van der Waals surface area contributed by atoms with Gasteiger partial charge in [0.05, 0.1) is 17.5 Å². The molecule has 0 aliphatic heterocycles. The average Bonchev–Trinajstić information content (AvgIpc) is 2.84. The molecule has 4 aromatic rings. The number of benzene rings is 3. The quantitative estimate of drug-likeness (QED) is 0.437. The van der Waals surface area contributed by atoms with E-state index >= 15 is 0 Å². The summed E-state index contributed by atoms with van der Waals surface area (Å²) in [5.74, 6) is 0.766. The SMILES string of the molecule is CNc1ncnc2ccc(-c3ccc(F)c(CN(C)S(=O)(=O)c4ccc(OC)cc4)c3)cc12. The number of sulfonamides is 1. The van der Waals surface area contributed by atoms with Crippen LogP contribution >= 0.6 is 0 Å². The first-order chi connectivity index (χ1) is 15.8. The Kier molecular flexibility index (Phi) is 6.26. The highest BCUT2D eigenvalue weighted by molar-refractivity contribution is 7.89. The summed E-state index contributed by atoms with van der Waals surface area (Å²) in [4.78, 5) is 8.61. The van der Waals surface area contributed by atoms with E-state index in [1.54, 1.807) is 31.3 Å². The number of rotatable bonds is 7. The van der Waals surface area contributed by atoms with Gasteiger partial charge in [-0.25, -0.2) is 22.8 Å². The molecule has 0 aliphatic carbocycles. The highest BCUT2D eigenvalue weighted by Crippen LogP contribution is 2.29. The van der Waals surface area contributed by atoms with Crippen molar-refractivity contribution in [3.05, 3.63) is 78.4 Å². The summed E-state index contributed by atoms with van der Waals surface area (Å²) in [6, 6.07) is 16.5. The average molecular weight is 467 g/mol. The van der Waals surface area contributed by atoms with Gasteiger partial charge >= 0.3 is 0 Å². The number of anilines is 1. The van der Waals surface area contributed by atoms with Crippen LogP contribution in [0.25, 0.3) is 22.0 Å². The fourth-order valence-electron chi connectivity index (χ4n) is 3.56. The molecule has 1 N–H and O–H groups in total. The molecule has 0 amide bonds. The zero-order valence-corrected chi connectivity index (χ0v) is 19.2. The summed E-state index contributed by atoms with van der Waals surface area (Å²) < 4.78 is 46.8. The van der Waals surface area contributed by atoms with Gasteiger partial charge in [-0.1, -0.05) is 12.1 Å². The molecule has 7 nitrogen and oxygen atoms in total. The van der Waals surface area contributed by atoms with Gasteiger partial charge in [-0.15, -0.1) is 0 Å². The maximum absolute atomic E-state index is 14.6. The highest BCUT2D eigenvalue weighted by atomic mass is 32.2. The zero-order chi connectivity index (χ0) is 23.6. The largest absolute Gasteiger partial charge is 0.497 e. The second kappa shape index (κ2) is 9.13. The molecule has 33 heavy (non-hydrogen) atoms. The lowest BCUT2D eigenvalue weighted by Crippen LogP contribution is -2.27. The number of ether oxygens (including phenoxy) is 1. The minimum Gasteiger partial charge on any atom is -0.497 e. The summed E-state index contributed by atoms with van der Waals surface area (Å²) in [7, 11) is 0.910. The van der Waals surface area contributed by atoms with E-state index in [9.17, 15) is 12.8 Å². The van der Waals surface area contributed by atoms with E-state index in [2.05, 4.69) is 15.3 Å². The molecule has 0 saturated carbocycles. The van der Waals surface area contributed by atoms with E-state index in [0.717, 1.165) is 26.3 Å². The minimum atomic E-state index is -3.81. The smallest absolute Gasteiger partial charge is 0.243 e. The maximum atomic E-state index is 14.6. The predicted molar refractivity (Wildman–Crippen MR) is 126 cm³/mol. The molecule has 0 aliphatic rings. The maximum Gasteiger partial charge on any atom is 0.243 e. The Morgan fingerprint density at radius 2 is 1.70 bits per heavy atom. The molecule has 1 aromatic heterocycles. The molecule has 0 fully saturated rings. The van der Waals surface area contributed by atoms with Gasteiger partial charge in [0.1, 0.15) is 23.7 Å². The van der Waals surface area contributed by atoms with Gasteiger partial charge in [0.2, 0.25) is 10.0 Å². The first-order valence-corrected chi connectivity index (χ1v) is 11.6. The van der Waals surface area contributed by atoms with Crippen molar-refractivity contribution in [1.82, 2.24) is 14.3 Å². The van der Waals surface area contributed by atoms with Crippen LogP contribution in [-0.2, 0) is 16.6 Å². The lowest BCUT2D eigenvalue weighted by Gasteiger charge is -2.18. The van der Waals surface area contributed by atoms with Crippen molar-refractivity contribution in [2.75, 3.05) is 26.5 Å². The Balaban J connectivity index is 1.65. The Bertz CT molecular complexity index is 1410. The van der Waals surface area contributed by atoms with E-state index in [4.69, 9.17) is 4.74 Å². The summed E-state index contributed by atoms with van der Waals surface area (Å²) in [5.41, 5.74) is 2.65. The fourth-order valence-corrected chi connectivity index (χ4v) is 4.71. The summed E-state index contributed by atoms with van der Waals surface area (Å²) in [5, 5.41) is 3.88. The van der Waals surface area contributed by atoms with Crippen LogP contribution < -0.4 is 10.1 Å². The normalized spacial score (nSPS) is 11.7. The molecule has 0 bridgehead atoms. The monoisotopic (exact) mass is 466 g/mol. The molecule has 1 heterocycles. The van der Waals surface area contributed by atoms with Crippen LogP contribution in [0.1, 0.15) is 5.56 Å². The van der Waals surface area contributed by atoms with Crippen molar-refractivity contribution >= 4 is 26.7 Å². The third-order valence-corrected chi connectivity index (χ3v) is 7.23. The van der Waals surface area contributed by atoms with Gasteiger partial charge in [0, 0.05) is 31.6 Å². The summed E-state index contributed by atoms with van der Waals surface area (Å²) in [6.07, 6.45) is 1.49. The first-order valence-electron chi connectivity index (χ1n) is 10.1. The van der Waals surface area contributed by atoms with Crippen LogP contribution in [0.3, 0.4) is 0 Å². The van der Waals surface area contributed by atoms with Crippen molar-refractivity contribution in [1.29, 1.82) is 0 Å². The van der Waals surface area contributed by atoms with Gasteiger partial charge in [-0.3, -0.25) is 0 Å². The molecule has 3 aromatic carbocycles. The number of halogens is 1. The Morgan fingerprint density at radius 1 is 1.00 bits per heavy atom. The Morgan fingerprint density at radius 3 is 2.39 bits per heavy atom. The number of nitrogens with one attached hydrogen (secondary N) is 1. The lowest BCUT2D eigenvalue weighted by atomic mass is 10.0. The third-order valence-electron chi connectivity index (χ3n) is 5.41. The summed E-state index contributed by atoms with van der Waals surface area (Å²) in [6.45, 7) is -0.119. The molecular formula is C24H23FN4O3S. The van der Waals surface area contributed by atoms with Gasteiger partial charge in [-0.2, -0.15) is 4.31 Å². The number of aromatic nitrogens is 2. The number of hydrogen-bond acceptors (Lipinski definition) is 6. The second-order valence-corrected chi connectivity index (χ2v) is 9.49. The van der Waals surface area contributed by atoms with Crippen LogP contribution in [0.4, 0.5) is 10.2 Å². The van der Waals surface area contributed by atoms with Crippen molar-refractivity contribution in [2.45, 2.75) is 11.4 Å². The second-order valence-electron chi connectivity index (χ2n) is 7.45. The van der Waals surface area contributed by atoms with E-state index in [1.165, 1.54) is 38.7 Å². The van der Waals surface area contributed by atoms with Crippen LogP contribution in [0.2, 0.25) is 0 Å². The molecule has 9 heteroatoms. The number of nitrogens with zero attached hydrogens (tertiary/aromatic N) is 3. The van der Waals surface area contributed by atoms with Crippen LogP contribution in [0, 0.1) is 5.82 Å². The standard InChI is InChI=1S/C24H23FN4O3S/c1-26-24-21-13-17(5-11-23(21)27-15-28-24)16-4-10-22(25)18(12-16)14-29(2)33(30,31)20-8-6-19(32-3)7-9-20/h4-13,15H,14H2,1-3H3,(H,26,27,28). The first kappa shape index (κ1) is 22.6. The van der Waals surface area contributed by atoms with E-state index in [0.29, 0.717) is 11.6 Å². The Labute approximate surface area is 191 Å². The van der Waals surface area contributed by atoms with Crippen molar-refractivity contribution < 1.29 is 17.5 Å². The number of hydrogen-bond donors (Lipinski definition) is 1. The number of fused-ring (bicyclic) bond motifs is 1. The van der Waals surface area contributed by atoms with Gasteiger partial charge in [-0.05, 0) is 59.7 Å². The fraction of sp³-hybridized carbons (Fsp3) is 0.167. The molecule has 0 atom stereocenters. The van der Waals surface area contributed by atoms with Crippen molar-refractivity contribution in [3.8, 4) is 16.9 Å². The van der Waals surface area contributed by atoms with Gasteiger partial charge < -0.3 is 10.1 Å². The lowest BCUT2D eigenvalue weighted by molar-refractivity contribution is 0.414. The van der Waals surface area contributed by atoms with Crippen molar-refractivity contribution in [3.63, 3.8) is 0 Å². The molecule has 0 unspecified atom stereocenters. The molecule has 170 valence electrons. The Hall–Kier alpha value is -3.56. The predicted octanol–water partition coefficient (Wildman–Crippen LogP) is 4.31. The molecule has 0 spiro atoms. The highest BCUT2D eigenvalue weighted by Gasteiger charge is 2.22. The third kappa shape index (κ3) is 4.50. The zero-order valence-electron chi connectivity index (χ0n) is 18.4. The van der Waals surface area contributed by atoms with Gasteiger partial charge in [0.25, 0.3) is 0 Å².